The molecule has 2 atom stereocenters. The predicted molar refractivity (Wildman–Crippen MR) is 99.8 cm³/mol. The number of allylic oxidation sites excluding steroid dienone is 1. The van der Waals surface area contributed by atoms with Crippen molar-refractivity contribution in [2.45, 2.75) is 26.8 Å². The van der Waals surface area contributed by atoms with Crippen LogP contribution in [0.4, 0.5) is 0 Å². The molecule has 2 unspecified atom stereocenters. The quantitative estimate of drug-likeness (QED) is 0.840. The van der Waals surface area contributed by atoms with Gasteiger partial charge in [-0.25, -0.2) is 0 Å². The summed E-state index contributed by atoms with van der Waals surface area (Å²) in [6, 6.07) is 0. The van der Waals surface area contributed by atoms with E-state index in [9.17, 15) is 0 Å². The first-order valence-corrected chi connectivity index (χ1v) is 9.85. The highest BCUT2D eigenvalue weighted by atomic mass is 32.1. The summed E-state index contributed by atoms with van der Waals surface area (Å²) in [6.07, 6.45) is 3.98. The highest BCUT2D eigenvalue weighted by Crippen LogP contribution is 2.45. The molecule has 0 N–H and O–H groups in total. The third kappa shape index (κ3) is 4.37. The zero-order valence-corrected chi connectivity index (χ0v) is 15.9. The van der Waals surface area contributed by atoms with Crippen molar-refractivity contribution in [3.05, 3.63) is 33.7 Å². The van der Waals surface area contributed by atoms with Crippen LogP contribution in [-0.2, 0) is 6.54 Å². The molecular formula is C19H31N3S. The zero-order valence-electron chi connectivity index (χ0n) is 15.1. The Morgan fingerprint density at radius 3 is 2.83 bits per heavy atom. The predicted octanol–water partition coefficient (Wildman–Crippen LogP) is 3.28. The molecule has 4 rings (SSSR count). The number of nitrogens with zero attached hydrogens (tertiary/aromatic N) is 3. The average Bonchev–Trinajstić information content (AvgIpc) is 3.18. The molecule has 1 aromatic rings. The van der Waals surface area contributed by atoms with Gasteiger partial charge in [0.2, 0.25) is 0 Å². The Morgan fingerprint density at radius 1 is 1.30 bits per heavy atom. The SMILES string of the molecule is CCN(C)Cc1cscc1C.CN1CCN2CC3CC3C=C2C1. The van der Waals surface area contributed by atoms with Crippen LogP contribution in [0.2, 0.25) is 0 Å². The minimum atomic E-state index is 0.961. The minimum Gasteiger partial charge on any atom is -0.372 e. The molecule has 0 aromatic carbocycles. The zero-order chi connectivity index (χ0) is 16.4. The normalized spacial score (nSPS) is 26.1. The largest absolute Gasteiger partial charge is 0.372 e. The van der Waals surface area contributed by atoms with Crippen molar-refractivity contribution >= 4 is 11.3 Å². The van der Waals surface area contributed by atoms with Crippen molar-refractivity contribution in [1.82, 2.24) is 14.7 Å². The molecule has 1 saturated heterocycles. The summed E-state index contributed by atoms with van der Waals surface area (Å²) in [7, 11) is 4.37. The molecule has 0 radical (unpaired) electrons. The Hall–Kier alpha value is -0.840. The van der Waals surface area contributed by atoms with Gasteiger partial charge in [-0.3, -0.25) is 4.90 Å². The van der Waals surface area contributed by atoms with Crippen LogP contribution in [0.15, 0.2) is 22.5 Å². The van der Waals surface area contributed by atoms with E-state index in [2.05, 4.69) is 59.5 Å². The standard InChI is InChI=1S/C10H16N2.C9H15NS/c1-11-2-3-12-6-9-4-8(9)5-10(12)7-11;1-4-10(3)5-9-7-11-6-8(9)2/h5,8-9H,2-4,6-7H2,1H3;6-7H,4-5H2,1-3H3. The minimum absolute atomic E-state index is 0.961. The molecule has 3 nitrogen and oxygen atoms in total. The molecule has 3 heterocycles. The van der Waals surface area contributed by atoms with Crippen LogP contribution in [-0.4, -0.2) is 61.5 Å². The summed E-state index contributed by atoms with van der Waals surface area (Å²) in [5.74, 6) is 1.99. The van der Waals surface area contributed by atoms with E-state index in [-0.39, 0.29) is 0 Å². The Bertz CT molecular complexity index is 551. The fraction of sp³-hybridized carbons (Fsp3) is 0.684. The van der Waals surface area contributed by atoms with Crippen LogP contribution >= 0.6 is 11.3 Å². The maximum absolute atomic E-state index is 2.59. The van der Waals surface area contributed by atoms with E-state index in [0.717, 1.165) is 24.9 Å². The first-order chi connectivity index (χ1) is 11.1. The molecule has 1 aromatic heterocycles. The number of thiophene rings is 1. The summed E-state index contributed by atoms with van der Waals surface area (Å²) in [5, 5.41) is 4.44. The lowest BCUT2D eigenvalue weighted by Gasteiger charge is -2.38. The molecule has 4 heteroatoms. The highest BCUT2D eigenvalue weighted by Gasteiger charge is 2.41. The topological polar surface area (TPSA) is 9.72 Å². The van der Waals surface area contributed by atoms with Gasteiger partial charge < -0.3 is 9.80 Å². The van der Waals surface area contributed by atoms with Gasteiger partial charge in [-0.2, -0.15) is 11.3 Å². The van der Waals surface area contributed by atoms with Gasteiger partial charge in [-0.15, -0.1) is 0 Å². The molecule has 1 saturated carbocycles. The van der Waals surface area contributed by atoms with Crippen LogP contribution in [0.3, 0.4) is 0 Å². The van der Waals surface area contributed by atoms with Gasteiger partial charge in [0, 0.05) is 38.4 Å². The maximum atomic E-state index is 2.59. The molecule has 1 aliphatic carbocycles. The van der Waals surface area contributed by atoms with Crippen LogP contribution in [0.25, 0.3) is 0 Å². The van der Waals surface area contributed by atoms with Crippen LogP contribution in [0.1, 0.15) is 24.5 Å². The van der Waals surface area contributed by atoms with E-state index in [0.29, 0.717) is 0 Å². The molecule has 0 spiro atoms. The van der Waals surface area contributed by atoms with Gasteiger partial charge in [-0.1, -0.05) is 13.0 Å². The number of rotatable bonds is 3. The van der Waals surface area contributed by atoms with Crippen molar-refractivity contribution in [2.24, 2.45) is 11.8 Å². The highest BCUT2D eigenvalue weighted by molar-refractivity contribution is 7.08. The second-order valence-corrected chi connectivity index (χ2v) is 8.16. The molecule has 0 amide bonds. The van der Waals surface area contributed by atoms with E-state index >= 15 is 0 Å². The fourth-order valence-electron chi connectivity index (χ4n) is 3.42. The number of fused-ring (bicyclic) bond motifs is 2. The van der Waals surface area contributed by atoms with Gasteiger partial charge in [0.15, 0.2) is 0 Å². The Balaban J connectivity index is 0.000000137. The number of hydrogen-bond donors (Lipinski definition) is 0. The van der Waals surface area contributed by atoms with E-state index in [1.807, 2.05) is 0 Å². The summed E-state index contributed by atoms with van der Waals surface area (Å²) in [4.78, 5) is 7.33. The second-order valence-electron chi connectivity index (χ2n) is 7.41. The summed E-state index contributed by atoms with van der Waals surface area (Å²) in [5.41, 5.74) is 4.50. The second kappa shape index (κ2) is 7.37. The van der Waals surface area contributed by atoms with Crippen molar-refractivity contribution in [3.8, 4) is 0 Å². The third-order valence-electron chi connectivity index (χ3n) is 5.37. The van der Waals surface area contributed by atoms with E-state index < -0.39 is 0 Å². The van der Waals surface area contributed by atoms with Gasteiger partial charge in [0.1, 0.15) is 0 Å². The van der Waals surface area contributed by atoms with Gasteiger partial charge in [0.25, 0.3) is 0 Å². The molecule has 23 heavy (non-hydrogen) atoms. The van der Waals surface area contributed by atoms with Crippen LogP contribution < -0.4 is 0 Å². The number of hydrogen-bond acceptors (Lipinski definition) is 4. The van der Waals surface area contributed by atoms with Crippen molar-refractivity contribution in [3.63, 3.8) is 0 Å². The van der Waals surface area contributed by atoms with E-state index in [1.165, 1.54) is 43.7 Å². The van der Waals surface area contributed by atoms with Crippen LogP contribution in [0, 0.1) is 18.8 Å². The smallest absolute Gasteiger partial charge is 0.0378 e. The van der Waals surface area contributed by atoms with E-state index in [4.69, 9.17) is 0 Å². The molecule has 2 aliphatic heterocycles. The summed E-state index contributed by atoms with van der Waals surface area (Å²) >= 11 is 1.79. The average molecular weight is 334 g/mol. The molecule has 2 fully saturated rings. The number of aryl methyl sites for hydroxylation is 1. The lowest BCUT2D eigenvalue weighted by Crippen LogP contribution is -2.44. The van der Waals surface area contributed by atoms with Gasteiger partial charge in [-0.05, 0) is 67.7 Å². The number of likely N-dealkylation sites (N-methyl/N-ethyl adjacent to an activating group) is 1. The third-order valence-corrected chi connectivity index (χ3v) is 6.28. The van der Waals surface area contributed by atoms with Crippen molar-refractivity contribution in [1.29, 1.82) is 0 Å². The monoisotopic (exact) mass is 333 g/mol. The molecule has 128 valence electrons. The Morgan fingerprint density at radius 2 is 2.13 bits per heavy atom. The molecule has 0 bridgehead atoms. The summed E-state index contributed by atoms with van der Waals surface area (Å²) in [6.45, 7) is 11.6. The van der Waals surface area contributed by atoms with Gasteiger partial charge >= 0.3 is 0 Å². The summed E-state index contributed by atoms with van der Waals surface area (Å²) < 4.78 is 0. The first kappa shape index (κ1) is 17.0. The Labute approximate surface area is 145 Å². The Kier molecular flexibility index (Phi) is 5.45. The lowest BCUT2D eigenvalue weighted by molar-refractivity contribution is 0.188. The first-order valence-electron chi connectivity index (χ1n) is 8.91. The van der Waals surface area contributed by atoms with E-state index in [1.54, 1.807) is 17.0 Å². The molecular weight excluding hydrogens is 302 g/mol. The maximum Gasteiger partial charge on any atom is 0.0378 e. The van der Waals surface area contributed by atoms with Crippen LogP contribution in [0.5, 0.6) is 0 Å². The van der Waals surface area contributed by atoms with Crippen molar-refractivity contribution in [2.75, 3.05) is 46.8 Å². The number of piperazine rings is 1. The van der Waals surface area contributed by atoms with Gasteiger partial charge in [0.05, 0.1) is 0 Å². The lowest BCUT2D eigenvalue weighted by atomic mass is 10.1. The fourth-order valence-corrected chi connectivity index (χ4v) is 4.27. The molecule has 3 aliphatic rings. The van der Waals surface area contributed by atoms with Crippen molar-refractivity contribution < 1.29 is 0 Å².